The van der Waals surface area contributed by atoms with Crippen molar-refractivity contribution in [1.29, 1.82) is 0 Å². The van der Waals surface area contributed by atoms with Crippen molar-refractivity contribution in [3.63, 3.8) is 0 Å². The Labute approximate surface area is 122 Å². The maximum absolute atomic E-state index is 2.36. The highest BCUT2D eigenvalue weighted by Gasteiger charge is 2.07. The van der Waals surface area contributed by atoms with Gasteiger partial charge in [0.2, 0.25) is 0 Å². The van der Waals surface area contributed by atoms with Crippen LogP contribution in [-0.4, -0.2) is 0 Å². The molecule has 0 aromatic rings. The van der Waals surface area contributed by atoms with Gasteiger partial charge in [-0.15, -0.1) is 0 Å². The van der Waals surface area contributed by atoms with Crippen molar-refractivity contribution >= 4 is 0 Å². The molecule has 0 nitrogen and oxygen atoms in total. The van der Waals surface area contributed by atoms with E-state index in [2.05, 4.69) is 13.8 Å². The van der Waals surface area contributed by atoms with Gasteiger partial charge in [-0.25, -0.2) is 0 Å². The van der Waals surface area contributed by atoms with E-state index in [9.17, 15) is 0 Å². The van der Waals surface area contributed by atoms with E-state index in [1.165, 1.54) is 96.3 Å². The van der Waals surface area contributed by atoms with E-state index in [1.807, 2.05) is 0 Å². The molecule has 0 heteroatoms. The third kappa shape index (κ3) is 10.4. The zero-order valence-corrected chi connectivity index (χ0v) is 13.8. The van der Waals surface area contributed by atoms with Crippen LogP contribution in [0.5, 0.6) is 0 Å². The van der Waals surface area contributed by atoms with Gasteiger partial charge in [0.25, 0.3) is 0 Å². The van der Waals surface area contributed by atoms with Crippen molar-refractivity contribution in [2.24, 2.45) is 11.8 Å². The highest BCUT2D eigenvalue weighted by Crippen LogP contribution is 2.23. The van der Waals surface area contributed by atoms with Gasteiger partial charge in [0.1, 0.15) is 0 Å². The molecule has 0 amide bonds. The summed E-state index contributed by atoms with van der Waals surface area (Å²) in [6, 6.07) is 0. The maximum atomic E-state index is 2.36. The largest absolute Gasteiger partial charge is 0.0625 e. The van der Waals surface area contributed by atoms with Crippen LogP contribution < -0.4 is 0 Å². The third-order valence-corrected chi connectivity index (χ3v) is 5.04. The van der Waals surface area contributed by atoms with Crippen molar-refractivity contribution in [1.82, 2.24) is 0 Å². The molecule has 3 fully saturated rings. The molecule has 0 heterocycles. The Morgan fingerprint density at radius 3 is 0.737 bits per heavy atom. The molecular formula is C19H38. The molecule has 3 saturated carbocycles. The summed E-state index contributed by atoms with van der Waals surface area (Å²) in [4.78, 5) is 0. The fraction of sp³-hybridized carbons (Fsp3) is 1.00. The van der Waals surface area contributed by atoms with E-state index in [0.29, 0.717) is 0 Å². The Hall–Kier alpha value is 0. The normalized spacial score (nSPS) is 24.9. The molecule has 0 aromatic carbocycles. The highest BCUT2D eigenvalue weighted by atomic mass is 14.1. The predicted octanol–water partition coefficient (Wildman–Crippen LogP) is 7.12. The lowest BCUT2D eigenvalue weighted by molar-refractivity contribution is 0.385. The minimum atomic E-state index is 1.04. The summed E-state index contributed by atoms with van der Waals surface area (Å²) in [6.45, 7) is 4.70. The topological polar surface area (TPSA) is 0 Å². The van der Waals surface area contributed by atoms with Crippen LogP contribution in [0.25, 0.3) is 0 Å². The fourth-order valence-electron chi connectivity index (χ4n) is 3.50. The zero-order chi connectivity index (χ0) is 13.8. The first-order valence-corrected chi connectivity index (χ1v) is 9.29. The Morgan fingerprint density at radius 1 is 0.368 bits per heavy atom. The van der Waals surface area contributed by atoms with Crippen LogP contribution in [0.3, 0.4) is 0 Å². The van der Waals surface area contributed by atoms with E-state index in [-0.39, 0.29) is 0 Å². The highest BCUT2D eigenvalue weighted by molar-refractivity contribution is 4.61. The van der Waals surface area contributed by atoms with E-state index in [4.69, 9.17) is 0 Å². The number of rotatable bonds is 0. The van der Waals surface area contributed by atoms with Gasteiger partial charge in [-0.3, -0.25) is 0 Å². The van der Waals surface area contributed by atoms with Crippen molar-refractivity contribution in [2.75, 3.05) is 0 Å². The molecule has 3 rings (SSSR count). The van der Waals surface area contributed by atoms with Gasteiger partial charge in [0, 0.05) is 0 Å². The molecule has 0 bridgehead atoms. The van der Waals surface area contributed by atoms with Gasteiger partial charge in [-0.1, -0.05) is 110 Å². The smallest absolute Gasteiger partial charge is 0.0443 e. The summed E-state index contributed by atoms with van der Waals surface area (Å²) in [5, 5.41) is 0. The van der Waals surface area contributed by atoms with Gasteiger partial charge in [-0.2, -0.15) is 0 Å². The van der Waals surface area contributed by atoms with Crippen LogP contribution in [0, 0.1) is 11.8 Å². The molecule has 0 atom stereocenters. The summed E-state index contributed by atoms with van der Waals surface area (Å²) in [5.41, 5.74) is 0. The Kier molecular flexibility index (Phi) is 10.6. The third-order valence-electron chi connectivity index (χ3n) is 5.04. The van der Waals surface area contributed by atoms with Crippen molar-refractivity contribution < 1.29 is 0 Å². The molecular weight excluding hydrogens is 228 g/mol. The molecule has 114 valence electrons. The van der Waals surface area contributed by atoms with Gasteiger partial charge in [0.05, 0.1) is 0 Å². The summed E-state index contributed by atoms with van der Waals surface area (Å²) in [5.74, 6) is 2.08. The lowest BCUT2D eigenvalue weighted by atomic mass is 9.91. The van der Waals surface area contributed by atoms with Gasteiger partial charge in [0.15, 0.2) is 0 Å². The lowest BCUT2D eigenvalue weighted by Crippen LogP contribution is -1.99. The predicted molar refractivity (Wildman–Crippen MR) is 87.6 cm³/mol. The minimum absolute atomic E-state index is 1.04. The van der Waals surface area contributed by atoms with Gasteiger partial charge >= 0.3 is 0 Å². The van der Waals surface area contributed by atoms with E-state index in [1.54, 1.807) is 0 Å². The molecule has 0 radical (unpaired) electrons. The minimum Gasteiger partial charge on any atom is -0.0625 e. The van der Waals surface area contributed by atoms with E-state index >= 15 is 0 Å². The van der Waals surface area contributed by atoms with Crippen LogP contribution in [0.4, 0.5) is 0 Å². The molecule has 0 N–H and O–H groups in total. The molecule has 3 aliphatic carbocycles. The second kappa shape index (κ2) is 11.8. The van der Waals surface area contributed by atoms with Crippen molar-refractivity contribution in [3.8, 4) is 0 Å². The second-order valence-corrected chi connectivity index (χ2v) is 7.25. The molecule has 0 spiro atoms. The Balaban J connectivity index is 0.000000143. The first kappa shape index (κ1) is 17.1. The summed E-state index contributed by atoms with van der Waals surface area (Å²) < 4.78 is 0. The van der Waals surface area contributed by atoms with Crippen LogP contribution in [0.2, 0.25) is 0 Å². The molecule has 0 aliphatic heterocycles. The summed E-state index contributed by atoms with van der Waals surface area (Å²) >= 11 is 0. The monoisotopic (exact) mass is 266 g/mol. The van der Waals surface area contributed by atoms with E-state index < -0.39 is 0 Å². The maximum Gasteiger partial charge on any atom is -0.0443 e. The quantitative estimate of drug-likeness (QED) is 0.437. The first-order chi connectivity index (χ1) is 9.29. The number of hydrogen-bond acceptors (Lipinski definition) is 0. The molecule has 0 unspecified atom stereocenters. The molecule has 0 saturated heterocycles. The van der Waals surface area contributed by atoms with Crippen molar-refractivity contribution in [2.45, 2.75) is 110 Å². The van der Waals surface area contributed by atoms with Crippen LogP contribution >= 0.6 is 0 Å². The van der Waals surface area contributed by atoms with Crippen LogP contribution in [0.15, 0.2) is 0 Å². The summed E-state index contributed by atoms with van der Waals surface area (Å²) in [7, 11) is 0. The van der Waals surface area contributed by atoms with Gasteiger partial charge < -0.3 is 0 Å². The molecule has 0 aromatic heterocycles. The fourth-order valence-corrected chi connectivity index (χ4v) is 3.50. The molecule has 19 heavy (non-hydrogen) atoms. The Morgan fingerprint density at radius 2 is 0.579 bits per heavy atom. The Bertz CT molecular complexity index is 157. The molecule has 3 aliphatic rings. The zero-order valence-electron chi connectivity index (χ0n) is 13.8. The first-order valence-electron chi connectivity index (χ1n) is 9.29. The number of hydrogen-bond donors (Lipinski definition) is 0. The van der Waals surface area contributed by atoms with Crippen LogP contribution in [0.1, 0.15) is 110 Å². The second-order valence-electron chi connectivity index (χ2n) is 7.25. The SMILES string of the molecule is C1CCCCC1.CC1CCCC1.CC1CCCCC1. The summed E-state index contributed by atoms with van der Waals surface area (Å²) in [6.07, 6.45) is 22.4. The average molecular weight is 267 g/mol. The van der Waals surface area contributed by atoms with Crippen molar-refractivity contribution in [3.05, 3.63) is 0 Å². The standard InChI is InChI=1S/C7H14.2C6H12/c1-7-5-3-2-4-6-7;1-6-4-2-3-5-6;1-2-4-6-5-3-1/h7H,2-6H2,1H3;6H,2-5H2,1H3;1-6H2. The van der Waals surface area contributed by atoms with Gasteiger partial charge in [-0.05, 0) is 11.8 Å². The van der Waals surface area contributed by atoms with E-state index in [0.717, 1.165) is 11.8 Å². The lowest BCUT2D eigenvalue weighted by Gasteiger charge is -2.15. The average Bonchev–Trinajstić information content (AvgIpc) is 2.94. The van der Waals surface area contributed by atoms with Crippen LogP contribution in [-0.2, 0) is 0 Å².